The van der Waals surface area contributed by atoms with Crippen molar-refractivity contribution in [2.24, 2.45) is 0 Å². The molecule has 0 spiro atoms. The van der Waals surface area contributed by atoms with Crippen LogP contribution in [0.2, 0.25) is 0 Å². The first-order valence-corrected chi connectivity index (χ1v) is 9.38. The third kappa shape index (κ3) is 5.59. The van der Waals surface area contributed by atoms with Gasteiger partial charge in [-0.15, -0.1) is 5.73 Å². The highest BCUT2D eigenvalue weighted by Gasteiger charge is 2.48. The van der Waals surface area contributed by atoms with Crippen molar-refractivity contribution in [3.63, 3.8) is 0 Å². The Bertz CT molecular complexity index is 841. The number of rotatable bonds is 7. The Morgan fingerprint density at radius 1 is 1.07 bits per heavy atom. The summed E-state index contributed by atoms with van der Waals surface area (Å²) in [7, 11) is 0. The summed E-state index contributed by atoms with van der Waals surface area (Å²) >= 11 is 0. The van der Waals surface area contributed by atoms with E-state index in [9.17, 15) is 14.7 Å². The molecular formula is C24H27NO4. The number of carboxylic acids is 1. The molecule has 0 aliphatic rings. The Morgan fingerprint density at radius 2 is 1.55 bits per heavy atom. The van der Waals surface area contributed by atoms with E-state index in [2.05, 4.69) is 17.6 Å². The quantitative estimate of drug-likeness (QED) is 0.656. The first-order valence-electron chi connectivity index (χ1n) is 9.38. The molecule has 2 rings (SSSR count). The summed E-state index contributed by atoms with van der Waals surface area (Å²) in [4.78, 5) is 25.3. The Morgan fingerprint density at radius 3 is 1.93 bits per heavy atom. The maximum atomic E-state index is 12.7. The number of amides is 1. The third-order valence-corrected chi connectivity index (χ3v) is 4.43. The summed E-state index contributed by atoms with van der Waals surface area (Å²) < 4.78 is 5.38. The van der Waals surface area contributed by atoms with Crippen LogP contribution in [0.15, 0.2) is 79.0 Å². The monoisotopic (exact) mass is 393 g/mol. The predicted molar refractivity (Wildman–Crippen MR) is 113 cm³/mol. The van der Waals surface area contributed by atoms with Gasteiger partial charge in [0.1, 0.15) is 5.60 Å². The standard InChI is InChI=1S/C24H27NO4/c1-5-6-17-24(21(26)27,25-22(28)29-23(2,3)4)20(18-13-9-7-10-14-18)19-15-11-8-12-16-19/h6-16,20H,1,17H2,2-4H3,(H,25,28)(H,26,27). The van der Waals surface area contributed by atoms with Gasteiger partial charge in [-0.3, -0.25) is 0 Å². The van der Waals surface area contributed by atoms with Crippen LogP contribution in [-0.2, 0) is 9.53 Å². The van der Waals surface area contributed by atoms with Crippen molar-refractivity contribution in [1.82, 2.24) is 5.32 Å². The number of nitrogens with one attached hydrogen (secondary N) is 1. The zero-order valence-corrected chi connectivity index (χ0v) is 17.0. The zero-order chi connectivity index (χ0) is 21.5. The average Bonchev–Trinajstić information content (AvgIpc) is 2.66. The molecule has 0 saturated heterocycles. The first-order chi connectivity index (χ1) is 13.7. The van der Waals surface area contributed by atoms with E-state index >= 15 is 0 Å². The second kappa shape index (κ2) is 9.26. The van der Waals surface area contributed by atoms with Gasteiger partial charge in [-0.25, -0.2) is 9.59 Å². The van der Waals surface area contributed by atoms with E-state index in [0.29, 0.717) is 0 Å². The molecule has 0 bridgehead atoms. The van der Waals surface area contributed by atoms with Crippen LogP contribution in [0.5, 0.6) is 0 Å². The molecule has 0 aliphatic carbocycles. The molecule has 5 heteroatoms. The predicted octanol–water partition coefficient (Wildman–Crippen LogP) is 4.90. The molecule has 1 amide bonds. The van der Waals surface area contributed by atoms with E-state index in [4.69, 9.17) is 4.74 Å². The van der Waals surface area contributed by atoms with Crippen LogP contribution >= 0.6 is 0 Å². The maximum absolute atomic E-state index is 12.7. The van der Waals surface area contributed by atoms with Crippen LogP contribution < -0.4 is 5.32 Å². The minimum Gasteiger partial charge on any atom is -0.479 e. The Balaban J connectivity index is 2.67. The topological polar surface area (TPSA) is 75.6 Å². The molecule has 1 unspecified atom stereocenters. The van der Waals surface area contributed by atoms with Gasteiger partial charge >= 0.3 is 12.1 Å². The first kappa shape index (κ1) is 22.0. The van der Waals surface area contributed by atoms with Crippen LogP contribution in [0.1, 0.15) is 44.2 Å². The van der Waals surface area contributed by atoms with Gasteiger partial charge in [-0.2, -0.15) is 0 Å². The lowest BCUT2D eigenvalue weighted by Gasteiger charge is -2.38. The van der Waals surface area contributed by atoms with Crippen molar-refractivity contribution in [3.05, 3.63) is 90.2 Å². The normalized spacial score (nSPS) is 13.1. The van der Waals surface area contributed by atoms with Gasteiger partial charge in [0.25, 0.3) is 0 Å². The molecule has 0 aromatic heterocycles. The van der Waals surface area contributed by atoms with Crippen LogP contribution in [0.25, 0.3) is 0 Å². The van der Waals surface area contributed by atoms with E-state index in [1.807, 2.05) is 60.7 Å². The van der Waals surface area contributed by atoms with Crippen molar-refractivity contribution < 1.29 is 19.4 Å². The molecule has 0 aliphatic heterocycles. The van der Waals surface area contributed by atoms with Gasteiger partial charge in [-0.05, 0) is 38.0 Å². The van der Waals surface area contributed by atoms with Gasteiger partial charge in [0.05, 0.1) is 0 Å². The van der Waals surface area contributed by atoms with E-state index in [-0.39, 0.29) is 6.42 Å². The number of carbonyl (C=O) groups excluding carboxylic acids is 1. The Labute approximate surface area is 171 Å². The lowest BCUT2D eigenvalue weighted by Crippen LogP contribution is -2.59. The highest BCUT2D eigenvalue weighted by molar-refractivity contribution is 5.87. The summed E-state index contributed by atoms with van der Waals surface area (Å²) in [6, 6.07) is 18.5. The second-order valence-corrected chi connectivity index (χ2v) is 7.77. The molecule has 0 heterocycles. The van der Waals surface area contributed by atoms with Crippen LogP contribution in [0, 0.1) is 0 Å². The molecular weight excluding hydrogens is 366 g/mol. The summed E-state index contributed by atoms with van der Waals surface area (Å²) in [5, 5.41) is 13.0. The van der Waals surface area contributed by atoms with Crippen molar-refractivity contribution >= 4 is 12.1 Å². The molecule has 0 saturated carbocycles. The molecule has 29 heavy (non-hydrogen) atoms. The van der Waals surface area contributed by atoms with Crippen molar-refractivity contribution in [3.8, 4) is 0 Å². The molecule has 5 nitrogen and oxygen atoms in total. The number of alkyl carbamates (subject to hydrolysis) is 1. The average molecular weight is 393 g/mol. The van der Waals surface area contributed by atoms with E-state index in [0.717, 1.165) is 11.1 Å². The van der Waals surface area contributed by atoms with Gasteiger partial charge in [0.15, 0.2) is 5.54 Å². The SMILES string of the molecule is C=C=CCC(NC(=O)OC(C)(C)C)(C(=O)O)C(c1ccccc1)c1ccccc1. The number of hydrogen-bond acceptors (Lipinski definition) is 3. The van der Waals surface area contributed by atoms with Crippen LogP contribution in [-0.4, -0.2) is 28.3 Å². The van der Waals surface area contributed by atoms with Gasteiger partial charge < -0.3 is 15.2 Å². The Kier molecular flexibility index (Phi) is 7.03. The van der Waals surface area contributed by atoms with Crippen LogP contribution in [0.3, 0.4) is 0 Å². The van der Waals surface area contributed by atoms with E-state index in [1.54, 1.807) is 20.8 Å². The third-order valence-electron chi connectivity index (χ3n) is 4.43. The number of ether oxygens (including phenoxy) is 1. The minimum atomic E-state index is -1.70. The molecule has 1 atom stereocenters. The van der Waals surface area contributed by atoms with Crippen molar-refractivity contribution in [1.29, 1.82) is 0 Å². The molecule has 152 valence electrons. The summed E-state index contributed by atoms with van der Waals surface area (Å²) in [5.74, 6) is -1.84. The van der Waals surface area contributed by atoms with Gasteiger partial charge in [0.2, 0.25) is 0 Å². The summed E-state index contributed by atoms with van der Waals surface area (Å²) in [5.41, 5.74) is 1.68. The largest absolute Gasteiger partial charge is 0.479 e. The lowest BCUT2D eigenvalue weighted by atomic mass is 9.73. The number of carboxylic acid groups (broad SMARTS) is 1. The van der Waals surface area contributed by atoms with E-state index < -0.39 is 29.1 Å². The number of carbonyl (C=O) groups is 2. The number of hydrogen-bond donors (Lipinski definition) is 2. The molecule has 0 fully saturated rings. The summed E-state index contributed by atoms with van der Waals surface area (Å²) in [6.45, 7) is 8.73. The van der Waals surface area contributed by atoms with E-state index in [1.165, 1.54) is 6.08 Å². The second-order valence-electron chi connectivity index (χ2n) is 7.77. The van der Waals surface area contributed by atoms with Crippen molar-refractivity contribution in [2.75, 3.05) is 0 Å². The lowest BCUT2D eigenvalue weighted by molar-refractivity contribution is -0.145. The highest BCUT2D eigenvalue weighted by Crippen LogP contribution is 2.38. The molecule has 2 aromatic rings. The fraction of sp³-hybridized carbons (Fsp3) is 0.292. The minimum absolute atomic E-state index is 0.0144. The molecule has 2 N–H and O–H groups in total. The fourth-order valence-corrected chi connectivity index (χ4v) is 3.28. The zero-order valence-electron chi connectivity index (χ0n) is 17.0. The highest BCUT2D eigenvalue weighted by atomic mass is 16.6. The maximum Gasteiger partial charge on any atom is 0.408 e. The molecule has 0 radical (unpaired) electrons. The number of benzene rings is 2. The molecule has 2 aromatic carbocycles. The van der Waals surface area contributed by atoms with Gasteiger partial charge in [0, 0.05) is 12.3 Å². The smallest absolute Gasteiger partial charge is 0.408 e. The number of aliphatic carboxylic acids is 1. The Hall–Kier alpha value is -3.30. The van der Waals surface area contributed by atoms with Crippen molar-refractivity contribution in [2.45, 2.75) is 44.2 Å². The summed E-state index contributed by atoms with van der Waals surface area (Å²) in [6.07, 6.45) is 0.707. The van der Waals surface area contributed by atoms with Crippen LogP contribution in [0.4, 0.5) is 4.79 Å². The van der Waals surface area contributed by atoms with Gasteiger partial charge in [-0.1, -0.05) is 67.2 Å². The fourth-order valence-electron chi connectivity index (χ4n) is 3.28.